The first-order valence-corrected chi connectivity index (χ1v) is 9.22. The summed E-state index contributed by atoms with van der Waals surface area (Å²) >= 11 is 1.80. The fourth-order valence-corrected chi connectivity index (χ4v) is 3.92. The molecular weight excluding hydrogens is 280 g/mol. The SMILES string of the molecule is CCCNC(Cc1ccsc1)C(C)(CC)N1CCOCC1. The van der Waals surface area contributed by atoms with Gasteiger partial charge in [0.2, 0.25) is 0 Å². The van der Waals surface area contributed by atoms with Gasteiger partial charge in [0.1, 0.15) is 0 Å². The highest BCUT2D eigenvalue weighted by Gasteiger charge is 2.38. The summed E-state index contributed by atoms with van der Waals surface area (Å²) in [6, 6.07) is 2.76. The molecule has 0 spiro atoms. The fourth-order valence-electron chi connectivity index (χ4n) is 3.24. The topological polar surface area (TPSA) is 24.5 Å². The first-order valence-electron chi connectivity index (χ1n) is 8.28. The maximum absolute atomic E-state index is 5.55. The van der Waals surface area contributed by atoms with E-state index >= 15 is 0 Å². The maximum Gasteiger partial charge on any atom is 0.0594 e. The Bertz CT molecular complexity index is 390. The molecule has 120 valence electrons. The van der Waals surface area contributed by atoms with Crippen LogP contribution >= 0.6 is 11.3 Å². The van der Waals surface area contributed by atoms with Crippen LogP contribution in [0.5, 0.6) is 0 Å². The van der Waals surface area contributed by atoms with Crippen LogP contribution in [0.25, 0.3) is 0 Å². The highest BCUT2D eigenvalue weighted by molar-refractivity contribution is 7.07. The van der Waals surface area contributed by atoms with Crippen molar-refractivity contribution in [2.45, 2.75) is 51.6 Å². The van der Waals surface area contributed by atoms with E-state index in [0.29, 0.717) is 6.04 Å². The Hall–Kier alpha value is -0.420. The van der Waals surface area contributed by atoms with E-state index in [2.05, 4.69) is 47.8 Å². The van der Waals surface area contributed by atoms with Crippen molar-refractivity contribution >= 4 is 11.3 Å². The maximum atomic E-state index is 5.55. The average molecular weight is 311 g/mol. The second kappa shape index (κ2) is 8.28. The molecule has 2 atom stereocenters. The van der Waals surface area contributed by atoms with Crippen molar-refractivity contribution in [3.63, 3.8) is 0 Å². The number of morpholine rings is 1. The molecule has 0 saturated carbocycles. The van der Waals surface area contributed by atoms with Crippen molar-refractivity contribution in [2.24, 2.45) is 0 Å². The molecule has 0 amide bonds. The molecular formula is C17H30N2OS. The number of nitrogens with zero attached hydrogens (tertiary/aromatic N) is 1. The lowest BCUT2D eigenvalue weighted by atomic mass is 9.83. The third-order valence-electron chi connectivity index (χ3n) is 4.86. The summed E-state index contributed by atoms with van der Waals surface area (Å²) in [7, 11) is 0. The number of nitrogens with one attached hydrogen (secondary N) is 1. The Kier molecular flexibility index (Phi) is 6.68. The zero-order valence-corrected chi connectivity index (χ0v) is 14.5. The minimum absolute atomic E-state index is 0.195. The third-order valence-corrected chi connectivity index (χ3v) is 5.59. The molecule has 4 heteroatoms. The van der Waals surface area contributed by atoms with E-state index in [1.807, 2.05) is 0 Å². The van der Waals surface area contributed by atoms with Gasteiger partial charge in [0.05, 0.1) is 13.2 Å². The van der Waals surface area contributed by atoms with Gasteiger partial charge < -0.3 is 10.1 Å². The van der Waals surface area contributed by atoms with Gasteiger partial charge in [0.15, 0.2) is 0 Å². The van der Waals surface area contributed by atoms with Gasteiger partial charge in [-0.05, 0) is 55.1 Å². The number of thiophene rings is 1. The van der Waals surface area contributed by atoms with Crippen LogP contribution in [0.15, 0.2) is 16.8 Å². The van der Waals surface area contributed by atoms with E-state index < -0.39 is 0 Å². The predicted octanol–water partition coefficient (Wildman–Crippen LogP) is 3.16. The molecule has 2 heterocycles. The number of hydrogen-bond donors (Lipinski definition) is 1. The minimum atomic E-state index is 0.195. The molecule has 1 N–H and O–H groups in total. The normalized spacial score (nSPS) is 21.1. The van der Waals surface area contributed by atoms with Gasteiger partial charge in [-0.25, -0.2) is 0 Å². The Labute approximate surface area is 133 Å². The molecule has 0 aliphatic carbocycles. The van der Waals surface area contributed by atoms with Gasteiger partial charge >= 0.3 is 0 Å². The zero-order valence-electron chi connectivity index (χ0n) is 13.7. The fraction of sp³-hybridized carbons (Fsp3) is 0.765. The highest BCUT2D eigenvalue weighted by atomic mass is 32.1. The van der Waals surface area contributed by atoms with E-state index in [0.717, 1.165) is 39.3 Å². The molecule has 21 heavy (non-hydrogen) atoms. The molecule has 1 fully saturated rings. The molecule has 1 aromatic heterocycles. The number of ether oxygens (including phenoxy) is 1. The largest absolute Gasteiger partial charge is 0.379 e. The van der Waals surface area contributed by atoms with Gasteiger partial charge in [-0.1, -0.05) is 13.8 Å². The van der Waals surface area contributed by atoms with Gasteiger partial charge in [0.25, 0.3) is 0 Å². The van der Waals surface area contributed by atoms with Crippen molar-refractivity contribution in [2.75, 3.05) is 32.8 Å². The molecule has 1 aliphatic heterocycles. The Morgan fingerprint density at radius 3 is 2.71 bits per heavy atom. The van der Waals surface area contributed by atoms with E-state index in [1.54, 1.807) is 11.3 Å². The Balaban J connectivity index is 2.13. The van der Waals surface area contributed by atoms with Crippen LogP contribution in [0.3, 0.4) is 0 Å². The van der Waals surface area contributed by atoms with Crippen molar-refractivity contribution in [3.05, 3.63) is 22.4 Å². The second-order valence-corrected chi connectivity index (χ2v) is 6.93. The molecule has 1 saturated heterocycles. The van der Waals surface area contributed by atoms with Crippen LogP contribution in [-0.2, 0) is 11.2 Å². The smallest absolute Gasteiger partial charge is 0.0594 e. The van der Waals surface area contributed by atoms with Crippen LogP contribution < -0.4 is 5.32 Å². The van der Waals surface area contributed by atoms with E-state index in [1.165, 1.54) is 18.4 Å². The van der Waals surface area contributed by atoms with Gasteiger partial charge in [-0.15, -0.1) is 0 Å². The Morgan fingerprint density at radius 1 is 1.38 bits per heavy atom. The highest BCUT2D eigenvalue weighted by Crippen LogP contribution is 2.27. The molecule has 0 radical (unpaired) electrons. The number of rotatable bonds is 8. The standard InChI is InChI=1S/C17H30N2OS/c1-4-7-18-16(13-15-6-12-21-14-15)17(3,5-2)19-8-10-20-11-9-19/h6,12,14,16,18H,4-5,7-11,13H2,1-3H3. The summed E-state index contributed by atoms with van der Waals surface area (Å²) < 4.78 is 5.55. The summed E-state index contributed by atoms with van der Waals surface area (Å²) in [6.07, 6.45) is 3.47. The van der Waals surface area contributed by atoms with Crippen LogP contribution in [0.2, 0.25) is 0 Å². The second-order valence-electron chi connectivity index (χ2n) is 6.15. The number of hydrogen-bond acceptors (Lipinski definition) is 4. The Morgan fingerprint density at radius 2 is 2.14 bits per heavy atom. The van der Waals surface area contributed by atoms with Gasteiger partial charge in [-0.3, -0.25) is 4.90 Å². The van der Waals surface area contributed by atoms with Crippen LogP contribution in [0, 0.1) is 0 Å². The van der Waals surface area contributed by atoms with E-state index in [9.17, 15) is 0 Å². The van der Waals surface area contributed by atoms with Gasteiger partial charge in [0, 0.05) is 24.7 Å². The molecule has 3 nitrogen and oxygen atoms in total. The summed E-state index contributed by atoms with van der Waals surface area (Å²) in [4.78, 5) is 2.64. The lowest BCUT2D eigenvalue weighted by molar-refractivity contribution is -0.0322. The van der Waals surface area contributed by atoms with E-state index in [4.69, 9.17) is 4.74 Å². The third kappa shape index (κ3) is 4.28. The summed E-state index contributed by atoms with van der Waals surface area (Å²) in [5.74, 6) is 0. The lowest BCUT2D eigenvalue weighted by Crippen LogP contribution is -2.62. The van der Waals surface area contributed by atoms with Crippen molar-refractivity contribution in [1.29, 1.82) is 0 Å². The zero-order chi connectivity index (χ0) is 15.1. The quantitative estimate of drug-likeness (QED) is 0.798. The van der Waals surface area contributed by atoms with Crippen molar-refractivity contribution in [3.8, 4) is 0 Å². The summed E-state index contributed by atoms with van der Waals surface area (Å²) in [5.41, 5.74) is 1.66. The van der Waals surface area contributed by atoms with Crippen LogP contribution in [0.4, 0.5) is 0 Å². The van der Waals surface area contributed by atoms with Crippen LogP contribution in [0.1, 0.15) is 39.2 Å². The molecule has 1 aliphatic rings. The van der Waals surface area contributed by atoms with Crippen LogP contribution in [-0.4, -0.2) is 49.3 Å². The van der Waals surface area contributed by atoms with E-state index in [-0.39, 0.29) is 5.54 Å². The van der Waals surface area contributed by atoms with Crippen molar-refractivity contribution in [1.82, 2.24) is 10.2 Å². The average Bonchev–Trinajstić information content (AvgIpc) is 3.04. The minimum Gasteiger partial charge on any atom is -0.379 e. The molecule has 2 rings (SSSR count). The predicted molar refractivity (Wildman–Crippen MR) is 91.2 cm³/mol. The lowest BCUT2D eigenvalue weighted by Gasteiger charge is -2.48. The molecule has 1 aromatic rings. The molecule has 2 unspecified atom stereocenters. The van der Waals surface area contributed by atoms with Gasteiger partial charge in [-0.2, -0.15) is 11.3 Å². The summed E-state index contributed by atoms with van der Waals surface area (Å²) in [6.45, 7) is 11.9. The molecule has 0 bridgehead atoms. The molecule has 0 aromatic carbocycles. The summed E-state index contributed by atoms with van der Waals surface area (Å²) in [5, 5.41) is 8.29. The van der Waals surface area contributed by atoms with Crippen molar-refractivity contribution < 1.29 is 4.74 Å². The first kappa shape index (κ1) is 16.9. The first-order chi connectivity index (χ1) is 10.2. The monoisotopic (exact) mass is 310 g/mol.